The van der Waals surface area contributed by atoms with Gasteiger partial charge in [-0.2, -0.15) is 0 Å². The summed E-state index contributed by atoms with van der Waals surface area (Å²) >= 11 is 0. The molecule has 0 aliphatic heterocycles. The molecule has 0 aromatic heterocycles. The molecule has 0 bridgehead atoms. The summed E-state index contributed by atoms with van der Waals surface area (Å²) < 4.78 is 0. The highest BCUT2D eigenvalue weighted by atomic mass is 16.2. The summed E-state index contributed by atoms with van der Waals surface area (Å²) in [5, 5.41) is 0. The fourth-order valence-corrected chi connectivity index (χ4v) is 0.708. The fourth-order valence-electron chi connectivity index (χ4n) is 0.708. The fraction of sp³-hybridized carbons (Fsp3) is 0.625. The van der Waals surface area contributed by atoms with Gasteiger partial charge in [0, 0.05) is 20.6 Å². The van der Waals surface area contributed by atoms with Crippen LogP contribution in [0.25, 0.3) is 0 Å². The SMILES string of the molecule is C#CCN(CC)C(=O)N(C)C. The molecule has 0 aromatic carbocycles. The molecule has 0 N–H and O–H groups in total. The topological polar surface area (TPSA) is 23.6 Å². The van der Waals surface area contributed by atoms with E-state index in [1.807, 2.05) is 6.92 Å². The maximum atomic E-state index is 11.2. The van der Waals surface area contributed by atoms with Gasteiger partial charge in [0.25, 0.3) is 0 Å². The van der Waals surface area contributed by atoms with E-state index in [-0.39, 0.29) is 6.03 Å². The van der Waals surface area contributed by atoms with Gasteiger partial charge in [-0.25, -0.2) is 4.79 Å². The second kappa shape index (κ2) is 4.62. The molecule has 0 saturated carbocycles. The van der Waals surface area contributed by atoms with Crippen molar-refractivity contribution < 1.29 is 4.79 Å². The van der Waals surface area contributed by atoms with Gasteiger partial charge in [-0.15, -0.1) is 6.42 Å². The second-order valence-corrected chi connectivity index (χ2v) is 2.40. The molecule has 0 aliphatic rings. The van der Waals surface area contributed by atoms with Gasteiger partial charge < -0.3 is 9.80 Å². The van der Waals surface area contributed by atoms with E-state index < -0.39 is 0 Å². The van der Waals surface area contributed by atoms with E-state index in [0.717, 1.165) is 0 Å². The molecule has 0 rings (SSSR count). The number of hydrogen-bond acceptors (Lipinski definition) is 1. The monoisotopic (exact) mass is 154 g/mol. The molecule has 3 heteroatoms. The molecule has 0 aromatic rings. The van der Waals surface area contributed by atoms with E-state index in [2.05, 4.69) is 5.92 Å². The summed E-state index contributed by atoms with van der Waals surface area (Å²) in [7, 11) is 3.42. The van der Waals surface area contributed by atoms with Crippen LogP contribution in [0.2, 0.25) is 0 Å². The summed E-state index contributed by atoms with van der Waals surface area (Å²) in [6, 6.07) is -0.0366. The first kappa shape index (κ1) is 9.83. The quantitative estimate of drug-likeness (QED) is 0.535. The Kier molecular flexibility index (Phi) is 4.12. The molecule has 62 valence electrons. The number of urea groups is 1. The van der Waals surface area contributed by atoms with Gasteiger partial charge in [0.05, 0.1) is 6.54 Å². The van der Waals surface area contributed by atoms with Gasteiger partial charge >= 0.3 is 6.03 Å². The molecule has 0 fully saturated rings. The summed E-state index contributed by atoms with van der Waals surface area (Å²) in [6.07, 6.45) is 5.08. The van der Waals surface area contributed by atoms with E-state index in [1.54, 1.807) is 19.0 Å². The van der Waals surface area contributed by atoms with Crippen LogP contribution < -0.4 is 0 Å². The molecule has 11 heavy (non-hydrogen) atoms. The molecule has 0 heterocycles. The first-order valence-corrected chi connectivity index (χ1v) is 3.53. The average Bonchev–Trinajstić information content (AvgIpc) is 1.98. The lowest BCUT2D eigenvalue weighted by Crippen LogP contribution is -2.39. The summed E-state index contributed by atoms with van der Waals surface area (Å²) in [5.41, 5.74) is 0. The van der Waals surface area contributed by atoms with Crippen molar-refractivity contribution >= 4 is 6.03 Å². The highest BCUT2D eigenvalue weighted by molar-refractivity contribution is 5.74. The molecule has 0 radical (unpaired) electrons. The number of terminal acetylenes is 1. The number of amides is 2. The van der Waals surface area contributed by atoms with Crippen molar-refractivity contribution in [1.82, 2.24) is 9.80 Å². The Morgan fingerprint density at radius 3 is 2.36 bits per heavy atom. The van der Waals surface area contributed by atoms with E-state index in [1.165, 1.54) is 4.90 Å². The Morgan fingerprint density at radius 2 is 2.09 bits per heavy atom. The van der Waals surface area contributed by atoms with E-state index in [0.29, 0.717) is 13.1 Å². The molecular formula is C8H14N2O. The largest absolute Gasteiger partial charge is 0.331 e. The predicted molar refractivity (Wildman–Crippen MR) is 45.2 cm³/mol. The molecule has 2 amide bonds. The zero-order valence-corrected chi connectivity index (χ0v) is 7.29. The third-order valence-electron chi connectivity index (χ3n) is 1.32. The Balaban J connectivity index is 4.05. The smallest absolute Gasteiger partial charge is 0.320 e. The van der Waals surface area contributed by atoms with Crippen LogP contribution in [0.1, 0.15) is 6.92 Å². The zero-order chi connectivity index (χ0) is 8.85. The van der Waals surface area contributed by atoms with Gasteiger partial charge in [-0.3, -0.25) is 0 Å². The molecule has 0 atom stereocenters. The first-order chi connectivity index (χ1) is 5.13. The van der Waals surface area contributed by atoms with Crippen LogP contribution in [0.5, 0.6) is 0 Å². The van der Waals surface area contributed by atoms with Crippen molar-refractivity contribution in [3.63, 3.8) is 0 Å². The van der Waals surface area contributed by atoms with Gasteiger partial charge in [0.2, 0.25) is 0 Å². The second-order valence-electron chi connectivity index (χ2n) is 2.40. The molecular weight excluding hydrogens is 140 g/mol. The lowest BCUT2D eigenvalue weighted by atomic mass is 10.5. The Hall–Kier alpha value is -1.17. The Labute approximate surface area is 68.0 Å². The molecule has 0 unspecified atom stereocenters. The first-order valence-electron chi connectivity index (χ1n) is 3.53. The van der Waals surface area contributed by atoms with Crippen molar-refractivity contribution in [2.24, 2.45) is 0 Å². The third kappa shape index (κ3) is 2.94. The minimum atomic E-state index is -0.0366. The number of carbonyl (C=O) groups excluding carboxylic acids is 1. The lowest BCUT2D eigenvalue weighted by Gasteiger charge is -2.22. The molecule has 3 nitrogen and oxygen atoms in total. The van der Waals surface area contributed by atoms with Crippen molar-refractivity contribution in [2.75, 3.05) is 27.2 Å². The Bertz CT molecular complexity index is 169. The van der Waals surface area contributed by atoms with Gasteiger partial charge in [0.15, 0.2) is 0 Å². The predicted octanol–water partition coefficient (Wildman–Crippen LogP) is 0.623. The van der Waals surface area contributed by atoms with E-state index in [4.69, 9.17) is 6.42 Å². The van der Waals surface area contributed by atoms with Crippen LogP contribution in [-0.2, 0) is 0 Å². The van der Waals surface area contributed by atoms with E-state index >= 15 is 0 Å². The third-order valence-corrected chi connectivity index (χ3v) is 1.32. The van der Waals surface area contributed by atoms with Crippen LogP contribution in [0.3, 0.4) is 0 Å². The number of rotatable bonds is 2. The minimum absolute atomic E-state index is 0.0366. The summed E-state index contributed by atoms with van der Waals surface area (Å²) in [6.45, 7) is 2.94. The van der Waals surface area contributed by atoms with Gasteiger partial charge in [-0.1, -0.05) is 5.92 Å². The molecule has 0 saturated heterocycles. The molecule has 0 aliphatic carbocycles. The maximum Gasteiger partial charge on any atom is 0.320 e. The van der Waals surface area contributed by atoms with E-state index in [9.17, 15) is 4.79 Å². The standard InChI is InChI=1S/C8H14N2O/c1-5-7-10(6-2)8(11)9(3)4/h1H,6-7H2,2-4H3. The average molecular weight is 154 g/mol. The van der Waals surface area contributed by atoms with Crippen LogP contribution in [0, 0.1) is 12.3 Å². The van der Waals surface area contributed by atoms with Crippen molar-refractivity contribution in [1.29, 1.82) is 0 Å². The van der Waals surface area contributed by atoms with Gasteiger partial charge in [0.1, 0.15) is 0 Å². The summed E-state index contributed by atoms with van der Waals surface area (Å²) in [4.78, 5) is 14.3. The zero-order valence-electron chi connectivity index (χ0n) is 7.29. The highest BCUT2D eigenvalue weighted by Gasteiger charge is 2.10. The number of carbonyl (C=O) groups is 1. The highest BCUT2D eigenvalue weighted by Crippen LogP contribution is 1.92. The number of nitrogens with zero attached hydrogens (tertiary/aromatic N) is 2. The van der Waals surface area contributed by atoms with Crippen LogP contribution in [0.4, 0.5) is 4.79 Å². The minimum Gasteiger partial charge on any atom is -0.331 e. The van der Waals surface area contributed by atoms with Crippen molar-refractivity contribution in [2.45, 2.75) is 6.92 Å². The molecule has 0 spiro atoms. The van der Waals surface area contributed by atoms with Crippen LogP contribution in [0.15, 0.2) is 0 Å². The Morgan fingerprint density at radius 1 is 1.55 bits per heavy atom. The van der Waals surface area contributed by atoms with Crippen molar-refractivity contribution in [3.05, 3.63) is 0 Å². The summed E-state index contributed by atoms with van der Waals surface area (Å²) in [5.74, 6) is 2.43. The maximum absolute atomic E-state index is 11.2. The number of hydrogen-bond donors (Lipinski definition) is 0. The van der Waals surface area contributed by atoms with Crippen molar-refractivity contribution in [3.8, 4) is 12.3 Å². The lowest BCUT2D eigenvalue weighted by molar-refractivity contribution is 0.179. The normalized spacial score (nSPS) is 8.55. The van der Waals surface area contributed by atoms with Crippen LogP contribution in [-0.4, -0.2) is 43.0 Å². The van der Waals surface area contributed by atoms with Crippen LogP contribution >= 0.6 is 0 Å². The van der Waals surface area contributed by atoms with Gasteiger partial charge in [-0.05, 0) is 6.92 Å².